The first kappa shape index (κ1) is 13.9. The maximum Gasteiger partial charge on any atom is 0.253 e. The lowest BCUT2D eigenvalue weighted by molar-refractivity contribution is 0.0964. The van der Waals surface area contributed by atoms with E-state index in [0.717, 1.165) is 11.3 Å². The van der Waals surface area contributed by atoms with Crippen molar-refractivity contribution in [3.63, 3.8) is 0 Å². The van der Waals surface area contributed by atoms with E-state index >= 15 is 0 Å². The molecule has 0 spiro atoms. The van der Waals surface area contributed by atoms with Crippen LogP contribution in [0.2, 0.25) is 0 Å². The summed E-state index contributed by atoms with van der Waals surface area (Å²) in [4.78, 5) is 11.8. The van der Waals surface area contributed by atoms with E-state index in [0.29, 0.717) is 16.9 Å². The molecule has 4 nitrogen and oxygen atoms in total. The van der Waals surface area contributed by atoms with E-state index in [2.05, 4.69) is 10.6 Å². The molecular formula is C15H16FN3O. The Balaban J connectivity index is 2.41. The number of nitrogens with one attached hydrogen (secondary N) is 2. The van der Waals surface area contributed by atoms with Crippen LogP contribution >= 0.6 is 0 Å². The van der Waals surface area contributed by atoms with Gasteiger partial charge in [-0.05, 0) is 48.9 Å². The lowest BCUT2D eigenvalue weighted by Gasteiger charge is -2.14. The van der Waals surface area contributed by atoms with Crippen LogP contribution in [0.1, 0.15) is 15.9 Å². The van der Waals surface area contributed by atoms with Gasteiger partial charge in [0.15, 0.2) is 0 Å². The van der Waals surface area contributed by atoms with Gasteiger partial charge in [-0.3, -0.25) is 4.79 Å². The predicted molar refractivity (Wildman–Crippen MR) is 78.7 cm³/mol. The number of amides is 1. The van der Waals surface area contributed by atoms with E-state index in [4.69, 9.17) is 5.73 Å². The van der Waals surface area contributed by atoms with Crippen molar-refractivity contribution < 1.29 is 9.18 Å². The van der Waals surface area contributed by atoms with Gasteiger partial charge in [0.1, 0.15) is 5.82 Å². The average Bonchev–Trinajstić information content (AvgIpc) is 2.41. The number of nitrogen functional groups attached to an aromatic ring is 1. The van der Waals surface area contributed by atoms with Gasteiger partial charge in [-0.2, -0.15) is 0 Å². The second-order valence-corrected chi connectivity index (χ2v) is 4.47. The molecule has 0 fully saturated rings. The molecule has 4 N–H and O–H groups in total. The third-order valence-electron chi connectivity index (χ3n) is 2.97. The number of benzene rings is 2. The zero-order chi connectivity index (χ0) is 14.7. The van der Waals surface area contributed by atoms with Gasteiger partial charge in [-0.15, -0.1) is 0 Å². The van der Waals surface area contributed by atoms with Gasteiger partial charge < -0.3 is 16.4 Å². The second kappa shape index (κ2) is 5.61. The largest absolute Gasteiger partial charge is 0.399 e. The lowest BCUT2D eigenvalue weighted by Crippen LogP contribution is -2.19. The first-order chi connectivity index (χ1) is 9.51. The number of hydrogen-bond donors (Lipinski definition) is 3. The van der Waals surface area contributed by atoms with Crippen molar-refractivity contribution in [1.29, 1.82) is 0 Å². The van der Waals surface area contributed by atoms with E-state index < -0.39 is 0 Å². The highest BCUT2D eigenvalue weighted by atomic mass is 19.1. The molecule has 104 valence electrons. The minimum atomic E-state index is -0.299. The van der Waals surface area contributed by atoms with Crippen LogP contribution in [0.25, 0.3) is 0 Å². The number of carbonyl (C=O) groups excluding carboxylic acids is 1. The quantitative estimate of drug-likeness (QED) is 0.753. The van der Waals surface area contributed by atoms with E-state index in [9.17, 15) is 9.18 Å². The first-order valence-corrected chi connectivity index (χ1v) is 6.16. The van der Waals surface area contributed by atoms with Crippen molar-refractivity contribution in [3.8, 4) is 0 Å². The number of hydrogen-bond acceptors (Lipinski definition) is 3. The molecule has 5 heteroatoms. The fourth-order valence-electron chi connectivity index (χ4n) is 1.91. The summed E-state index contributed by atoms with van der Waals surface area (Å²) in [6.07, 6.45) is 0. The molecule has 2 rings (SSSR count). The van der Waals surface area contributed by atoms with Crippen molar-refractivity contribution in [2.75, 3.05) is 18.1 Å². The second-order valence-electron chi connectivity index (χ2n) is 4.47. The van der Waals surface area contributed by atoms with Crippen LogP contribution in [-0.4, -0.2) is 13.0 Å². The standard InChI is InChI=1S/C15H16FN3O/c1-9-7-10(16)3-6-13(9)19-14-8-11(17)4-5-12(14)15(20)18-2/h3-8,19H,17H2,1-2H3,(H,18,20). The van der Waals surface area contributed by atoms with Gasteiger partial charge in [0.2, 0.25) is 0 Å². The summed E-state index contributed by atoms with van der Waals surface area (Å²) in [5.74, 6) is -0.514. The summed E-state index contributed by atoms with van der Waals surface area (Å²) < 4.78 is 13.1. The van der Waals surface area contributed by atoms with Crippen molar-refractivity contribution >= 4 is 23.0 Å². The molecule has 0 unspecified atom stereocenters. The molecule has 20 heavy (non-hydrogen) atoms. The number of anilines is 3. The van der Waals surface area contributed by atoms with Gasteiger partial charge in [0, 0.05) is 18.4 Å². The normalized spacial score (nSPS) is 10.2. The van der Waals surface area contributed by atoms with Gasteiger partial charge in [0.05, 0.1) is 11.3 Å². The zero-order valence-electron chi connectivity index (χ0n) is 11.3. The highest BCUT2D eigenvalue weighted by Gasteiger charge is 2.11. The van der Waals surface area contributed by atoms with Crippen molar-refractivity contribution in [1.82, 2.24) is 5.32 Å². The number of rotatable bonds is 3. The van der Waals surface area contributed by atoms with Gasteiger partial charge in [-0.25, -0.2) is 4.39 Å². The molecule has 2 aromatic carbocycles. The highest BCUT2D eigenvalue weighted by Crippen LogP contribution is 2.26. The molecule has 0 aliphatic rings. The Hall–Kier alpha value is -2.56. The SMILES string of the molecule is CNC(=O)c1ccc(N)cc1Nc1ccc(F)cc1C. The molecule has 1 amide bonds. The Kier molecular flexibility index (Phi) is 3.89. The smallest absolute Gasteiger partial charge is 0.253 e. The van der Waals surface area contributed by atoms with Crippen molar-refractivity contribution in [2.45, 2.75) is 6.92 Å². The number of aryl methyl sites for hydroxylation is 1. The molecule has 2 aromatic rings. The molecule has 0 saturated heterocycles. The topological polar surface area (TPSA) is 67.2 Å². The number of nitrogens with two attached hydrogens (primary N) is 1. The summed E-state index contributed by atoms with van der Waals surface area (Å²) in [6, 6.07) is 9.40. The minimum absolute atomic E-state index is 0.215. The van der Waals surface area contributed by atoms with E-state index in [1.807, 2.05) is 0 Å². The van der Waals surface area contributed by atoms with E-state index in [-0.39, 0.29) is 11.7 Å². The van der Waals surface area contributed by atoms with Gasteiger partial charge in [0.25, 0.3) is 5.91 Å². The van der Waals surface area contributed by atoms with Crippen LogP contribution in [0, 0.1) is 12.7 Å². The summed E-state index contributed by atoms with van der Waals surface area (Å²) >= 11 is 0. The molecule has 0 aromatic heterocycles. The third kappa shape index (κ3) is 2.88. The predicted octanol–water partition coefficient (Wildman–Crippen LogP) is 2.82. The maximum absolute atomic E-state index is 13.1. The molecule has 0 radical (unpaired) electrons. The number of carbonyl (C=O) groups is 1. The fraction of sp³-hybridized carbons (Fsp3) is 0.133. The third-order valence-corrected chi connectivity index (χ3v) is 2.97. The highest BCUT2D eigenvalue weighted by molar-refractivity contribution is 6.00. The number of halogens is 1. The Labute approximate surface area is 116 Å². The Morgan fingerprint density at radius 1 is 1.15 bits per heavy atom. The fourth-order valence-corrected chi connectivity index (χ4v) is 1.91. The summed E-state index contributed by atoms with van der Waals surface area (Å²) in [6.45, 7) is 1.79. The summed E-state index contributed by atoms with van der Waals surface area (Å²) in [7, 11) is 1.56. The summed E-state index contributed by atoms with van der Waals surface area (Å²) in [5.41, 5.74) is 8.82. The average molecular weight is 273 g/mol. The van der Waals surface area contributed by atoms with E-state index in [1.165, 1.54) is 12.1 Å². The van der Waals surface area contributed by atoms with Crippen LogP contribution in [-0.2, 0) is 0 Å². The molecule has 0 bridgehead atoms. The zero-order valence-corrected chi connectivity index (χ0v) is 11.3. The Morgan fingerprint density at radius 2 is 1.90 bits per heavy atom. The summed E-state index contributed by atoms with van der Waals surface area (Å²) in [5, 5.41) is 5.69. The molecule has 0 heterocycles. The molecule has 0 aliphatic carbocycles. The van der Waals surface area contributed by atoms with Gasteiger partial charge in [-0.1, -0.05) is 0 Å². The van der Waals surface area contributed by atoms with Crippen LogP contribution in [0.15, 0.2) is 36.4 Å². The van der Waals surface area contributed by atoms with Crippen LogP contribution in [0.5, 0.6) is 0 Å². The van der Waals surface area contributed by atoms with Crippen LogP contribution < -0.4 is 16.4 Å². The van der Waals surface area contributed by atoms with E-state index in [1.54, 1.807) is 38.2 Å². The first-order valence-electron chi connectivity index (χ1n) is 6.16. The van der Waals surface area contributed by atoms with Crippen molar-refractivity contribution in [2.24, 2.45) is 0 Å². The Bertz CT molecular complexity index is 656. The maximum atomic E-state index is 13.1. The molecular weight excluding hydrogens is 257 g/mol. The van der Waals surface area contributed by atoms with Crippen LogP contribution in [0.3, 0.4) is 0 Å². The monoisotopic (exact) mass is 273 g/mol. The lowest BCUT2D eigenvalue weighted by atomic mass is 10.1. The molecule has 0 saturated carbocycles. The molecule has 0 atom stereocenters. The molecule has 0 aliphatic heterocycles. The van der Waals surface area contributed by atoms with Crippen LogP contribution in [0.4, 0.5) is 21.5 Å². The Morgan fingerprint density at radius 3 is 2.55 bits per heavy atom. The van der Waals surface area contributed by atoms with Gasteiger partial charge >= 0.3 is 0 Å². The van der Waals surface area contributed by atoms with Crippen molar-refractivity contribution in [3.05, 3.63) is 53.3 Å². The minimum Gasteiger partial charge on any atom is -0.399 e.